The van der Waals surface area contributed by atoms with E-state index in [2.05, 4.69) is 16.0 Å². The summed E-state index contributed by atoms with van der Waals surface area (Å²) in [6.45, 7) is 6.50. The van der Waals surface area contributed by atoms with Crippen LogP contribution in [0.25, 0.3) is 10.9 Å². The Morgan fingerprint density at radius 2 is 1.93 bits per heavy atom. The molecule has 3 heterocycles. The van der Waals surface area contributed by atoms with Crippen LogP contribution in [0.5, 0.6) is 5.75 Å². The lowest BCUT2D eigenvalue weighted by Crippen LogP contribution is -2.50. The third kappa shape index (κ3) is 5.33. The van der Waals surface area contributed by atoms with Crippen molar-refractivity contribution >= 4 is 34.2 Å². The molecule has 3 aromatic rings. The molecule has 2 aliphatic heterocycles. The predicted octanol–water partition coefficient (Wildman–Crippen LogP) is 3.87. The predicted molar refractivity (Wildman–Crippen MR) is 157 cm³/mol. The van der Waals surface area contributed by atoms with Crippen molar-refractivity contribution in [2.24, 2.45) is 5.92 Å². The molecule has 1 saturated carbocycles. The molecule has 3 aliphatic rings. The minimum Gasteiger partial charge on any atom is -0.469 e. The number of amides is 3. The number of nitrogens with zero attached hydrogens (tertiary/aromatic N) is 3. The van der Waals surface area contributed by atoms with Gasteiger partial charge in [0.2, 0.25) is 0 Å². The summed E-state index contributed by atoms with van der Waals surface area (Å²) in [6, 6.07) is 6.54. The number of halogens is 1. The van der Waals surface area contributed by atoms with Crippen LogP contribution in [0.2, 0.25) is 0 Å². The van der Waals surface area contributed by atoms with Crippen LogP contribution in [-0.4, -0.2) is 51.3 Å². The lowest BCUT2D eigenvalue weighted by atomic mass is 10.0. The highest BCUT2D eigenvalue weighted by Crippen LogP contribution is 2.33. The zero-order valence-corrected chi connectivity index (χ0v) is 23.9. The van der Waals surface area contributed by atoms with Gasteiger partial charge in [-0.1, -0.05) is 0 Å². The normalized spacial score (nSPS) is 19.8. The summed E-state index contributed by atoms with van der Waals surface area (Å²) >= 11 is 0. The Labute approximate surface area is 241 Å². The highest BCUT2D eigenvalue weighted by atomic mass is 19.1. The molecule has 0 spiro atoms. The maximum Gasteiger partial charge on any atom is 0.331 e. The summed E-state index contributed by atoms with van der Waals surface area (Å²) in [6.07, 6.45) is 3.11. The fourth-order valence-electron chi connectivity index (χ4n) is 5.78. The van der Waals surface area contributed by atoms with Gasteiger partial charge in [-0.25, -0.2) is 14.0 Å². The summed E-state index contributed by atoms with van der Waals surface area (Å²) in [5, 5.41) is 8.94. The summed E-state index contributed by atoms with van der Waals surface area (Å²) in [7, 11) is 0. The van der Waals surface area contributed by atoms with E-state index in [0.29, 0.717) is 37.2 Å². The molecule has 2 unspecified atom stereocenters. The smallest absolute Gasteiger partial charge is 0.331 e. The molecule has 2 aromatic carbocycles. The van der Waals surface area contributed by atoms with Gasteiger partial charge < -0.3 is 25.6 Å². The third-order valence-corrected chi connectivity index (χ3v) is 8.10. The summed E-state index contributed by atoms with van der Waals surface area (Å²) in [5.74, 6) is -0.0208. The molecular weight excluding hydrogens is 543 g/mol. The molecule has 1 saturated heterocycles. The number of benzene rings is 2. The van der Waals surface area contributed by atoms with Crippen LogP contribution < -0.4 is 31.9 Å². The molecule has 6 rings (SSSR count). The topological polar surface area (TPSA) is 127 Å². The first-order chi connectivity index (χ1) is 20.1. The Balaban J connectivity index is 1.19. The fourth-order valence-corrected chi connectivity index (χ4v) is 5.78. The van der Waals surface area contributed by atoms with E-state index in [4.69, 9.17) is 4.74 Å². The Morgan fingerprint density at radius 3 is 2.67 bits per heavy atom. The molecule has 42 heavy (non-hydrogen) atoms. The SMILES string of the molecule is CC1Nc2cc(C(=O)NC3CCCN(C(=O)Nc4cc5c(=O)n(CC6CC6)c(=O)n(C(C)C)c5cc4F)C3)ccc2O1. The highest BCUT2D eigenvalue weighted by Gasteiger charge is 2.28. The zero-order chi connectivity index (χ0) is 29.7. The maximum absolute atomic E-state index is 15.3. The van der Waals surface area contributed by atoms with Crippen molar-refractivity contribution < 1.29 is 18.7 Å². The van der Waals surface area contributed by atoms with Gasteiger partial charge >= 0.3 is 11.7 Å². The van der Waals surface area contributed by atoms with E-state index in [1.807, 2.05) is 20.8 Å². The number of rotatable bonds is 6. The third-order valence-electron chi connectivity index (χ3n) is 8.10. The molecule has 2 atom stereocenters. The van der Waals surface area contributed by atoms with Crippen molar-refractivity contribution in [2.75, 3.05) is 23.7 Å². The average Bonchev–Trinajstić information content (AvgIpc) is 3.69. The monoisotopic (exact) mass is 578 g/mol. The minimum absolute atomic E-state index is 0.134. The first-order valence-corrected chi connectivity index (χ1v) is 14.5. The van der Waals surface area contributed by atoms with Crippen LogP contribution in [0.3, 0.4) is 0 Å². The molecule has 12 heteroatoms. The molecule has 11 nitrogen and oxygen atoms in total. The second kappa shape index (κ2) is 10.8. The number of anilines is 2. The lowest BCUT2D eigenvalue weighted by molar-refractivity contribution is 0.0913. The number of aromatic nitrogens is 2. The van der Waals surface area contributed by atoms with Crippen LogP contribution in [0.1, 0.15) is 62.9 Å². The molecule has 3 N–H and O–H groups in total. The number of piperidine rings is 1. The fraction of sp³-hybridized carbons (Fsp3) is 0.467. The molecular formula is C30H35FN6O5. The molecule has 1 aromatic heterocycles. The van der Waals surface area contributed by atoms with E-state index in [9.17, 15) is 19.2 Å². The van der Waals surface area contributed by atoms with Crippen molar-refractivity contribution in [3.8, 4) is 5.75 Å². The lowest BCUT2D eigenvalue weighted by Gasteiger charge is -2.33. The standard InChI is InChI=1S/C30H35FN6O5/c1-16(2)37-25-13-22(31)23(12-21(25)28(39)36(30(37)41)14-18-6-7-18)34-29(40)35-10-4-5-20(15-35)33-27(38)19-8-9-26-24(11-19)32-17(3)42-26/h8-9,11-13,16-18,20,32H,4-7,10,14-15H2,1-3H3,(H,33,38)(H,34,40). The Bertz CT molecular complexity index is 1690. The molecule has 2 fully saturated rings. The van der Waals surface area contributed by atoms with Gasteiger partial charge in [-0.05, 0) is 76.6 Å². The number of carbonyl (C=O) groups excluding carboxylic acids is 2. The van der Waals surface area contributed by atoms with Gasteiger partial charge in [0.25, 0.3) is 11.5 Å². The Hall–Kier alpha value is -4.35. The quantitative estimate of drug-likeness (QED) is 0.408. The number of likely N-dealkylation sites (tertiary alicyclic amines) is 1. The number of hydrogen-bond acceptors (Lipinski definition) is 6. The first-order valence-electron chi connectivity index (χ1n) is 14.5. The van der Waals surface area contributed by atoms with Gasteiger partial charge in [0.15, 0.2) is 6.23 Å². The molecule has 0 radical (unpaired) electrons. The van der Waals surface area contributed by atoms with Gasteiger partial charge in [-0.2, -0.15) is 0 Å². The van der Waals surface area contributed by atoms with Gasteiger partial charge in [0.05, 0.1) is 22.3 Å². The van der Waals surface area contributed by atoms with Crippen LogP contribution in [0.4, 0.5) is 20.6 Å². The van der Waals surface area contributed by atoms with E-state index >= 15 is 4.39 Å². The molecule has 222 valence electrons. The Kier molecular flexibility index (Phi) is 7.15. The number of carbonyl (C=O) groups is 2. The van der Waals surface area contributed by atoms with Gasteiger partial charge in [0, 0.05) is 43.3 Å². The summed E-state index contributed by atoms with van der Waals surface area (Å²) < 4.78 is 23.6. The maximum atomic E-state index is 15.3. The van der Waals surface area contributed by atoms with Crippen LogP contribution in [0, 0.1) is 11.7 Å². The van der Waals surface area contributed by atoms with Gasteiger partial charge in [-0.3, -0.25) is 18.7 Å². The van der Waals surface area contributed by atoms with E-state index in [1.54, 1.807) is 18.2 Å². The Morgan fingerprint density at radius 1 is 1.14 bits per heavy atom. The largest absolute Gasteiger partial charge is 0.469 e. The van der Waals surface area contributed by atoms with Gasteiger partial charge in [0.1, 0.15) is 11.6 Å². The van der Waals surface area contributed by atoms with E-state index in [1.165, 1.54) is 20.1 Å². The number of ether oxygens (including phenoxy) is 1. The molecule has 3 amide bonds. The van der Waals surface area contributed by atoms with Crippen molar-refractivity contribution in [3.63, 3.8) is 0 Å². The van der Waals surface area contributed by atoms with Gasteiger partial charge in [-0.15, -0.1) is 0 Å². The first kappa shape index (κ1) is 27.8. The molecule has 0 bridgehead atoms. The van der Waals surface area contributed by atoms with Crippen molar-refractivity contribution in [2.45, 2.75) is 71.3 Å². The summed E-state index contributed by atoms with van der Waals surface area (Å²) in [5.41, 5.74) is 0.354. The zero-order valence-electron chi connectivity index (χ0n) is 23.9. The number of fused-ring (bicyclic) bond motifs is 2. The van der Waals surface area contributed by atoms with E-state index in [0.717, 1.165) is 24.6 Å². The second-order valence-electron chi connectivity index (χ2n) is 11.8. The van der Waals surface area contributed by atoms with Crippen molar-refractivity contribution in [3.05, 3.63) is 62.6 Å². The second-order valence-corrected chi connectivity index (χ2v) is 11.8. The number of nitrogens with one attached hydrogen (secondary N) is 3. The minimum atomic E-state index is -0.741. The van der Waals surface area contributed by atoms with Crippen LogP contribution >= 0.6 is 0 Å². The summed E-state index contributed by atoms with van der Waals surface area (Å²) in [4.78, 5) is 54.2. The van der Waals surface area contributed by atoms with Crippen LogP contribution in [-0.2, 0) is 6.54 Å². The molecule has 1 aliphatic carbocycles. The van der Waals surface area contributed by atoms with E-state index < -0.39 is 23.1 Å². The number of hydrogen-bond donors (Lipinski definition) is 3. The van der Waals surface area contributed by atoms with Crippen LogP contribution in [0.15, 0.2) is 39.9 Å². The van der Waals surface area contributed by atoms with Crippen molar-refractivity contribution in [1.82, 2.24) is 19.4 Å². The average molecular weight is 579 g/mol. The highest BCUT2D eigenvalue weighted by molar-refractivity contribution is 5.96. The van der Waals surface area contributed by atoms with Crippen molar-refractivity contribution in [1.29, 1.82) is 0 Å². The number of urea groups is 1. The van der Waals surface area contributed by atoms with E-state index in [-0.39, 0.29) is 53.3 Å².